The van der Waals surface area contributed by atoms with Gasteiger partial charge < -0.3 is 14.9 Å². The normalized spacial score (nSPS) is 12.2. The van der Waals surface area contributed by atoms with E-state index in [4.69, 9.17) is 21.4 Å². The average molecular weight is 217 g/mol. The first-order valence-corrected chi connectivity index (χ1v) is 4.18. The third-order valence-corrected chi connectivity index (χ3v) is 1.96. The highest BCUT2D eigenvalue weighted by atomic mass is 35.5. The number of aliphatic hydroxyl groups is 1. The highest BCUT2D eigenvalue weighted by molar-refractivity contribution is 6.30. The molecule has 4 nitrogen and oxygen atoms in total. The fourth-order valence-corrected chi connectivity index (χ4v) is 1.23. The predicted octanol–water partition coefficient (Wildman–Crippen LogP) is 1.47. The van der Waals surface area contributed by atoms with Gasteiger partial charge in [-0.25, -0.2) is 4.79 Å². The first-order chi connectivity index (χ1) is 6.56. The van der Waals surface area contributed by atoms with Crippen molar-refractivity contribution in [2.75, 3.05) is 7.11 Å². The molecule has 0 bridgehead atoms. The van der Waals surface area contributed by atoms with Crippen molar-refractivity contribution in [3.05, 3.63) is 28.8 Å². The summed E-state index contributed by atoms with van der Waals surface area (Å²) in [6.45, 7) is 0. The number of benzene rings is 1. The Bertz CT molecular complexity index is 351. The van der Waals surface area contributed by atoms with Crippen molar-refractivity contribution in [1.29, 1.82) is 0 Å². The monoisotopic (exact) mass is 216 g/mol. The molecule has 0 amide bonds. The average Bonchev–Trinajstić information content (AvgIpc) is 2.16. The standard InChI is InChI=1S/C9H9ClO4/c1-14-7-3-2-5(10)4-6(7)8(11)9(12)13/h2-4,8,11H,1H3,(H,12,13)/t8-/m0/s1. The molecule has 0 radical (unpaired) electrons. The van der Waals surface area contributed by atoms with Gasteiger partial charge in [-0.2, -0.15) is 0 Å². The van der Waals surface area contributed by atoms with E-state index in [2.05, 4.69) is 0 Å². The molecule has 0 heterocycles. The largest absolute Gasteiger partial charge is 0.496 e. The quantitative estimate of drug-likeness (QED) is 0.803. The number of ether oxygens (including phenoxy) is 1. The van der Waals surface area contributed by atoms with E-state index in [1.165, 1.54) is 19.2 Å². The van der Waals surface area contributed by atoms with Crippen LogP contribution < -0.4 is 4.74 Å². The zero-order valence-corrected chi connectivity index (χ0v) is 8.15. The fourth-order valence-electron chi connectivity index (χ4n) is 1.05. The smallest absolute Gasteiger partial charge is 0.337 e. The van der Waals surface area contributed by atoms with Crippen LogP contribution >= 0.6 is 11.6 Å². The van der Waals surface area contributed by atoms with Crippen LogP contribution in [0.4, 0.5) is 0 Å². The van der Waals surface area contributed by atoms with Crippen molar-refractivity contribution in [1.82, 2.24) is 0 Å². The molecule has 0 aliphatic rings. The van der Waals surface area contributed by atoms with E-state index in [1.54, 1.807) is 6.07 Å². The summed E-state index contributed by atoms with van der Waals surface area (Å²) in [6, 6.07) is 4.42. The van der Waals surface area contributed by atoms with Gasteiger partial charge in [0.15, 0.2) is 6.10 Å². The van der Waals surface area contributed by atoms with Crippen LogP contribution in [0.1, 0.15) is 11.7 Å². The van der Waals surface area contributed by atoms with Gasteiger partial charge in [0.1, 0.15) is 5.75 Å². The van der Waals surface area contributed by atoms with Crippen LogP contribution in [-0.4, -0.2) is 23.3 Å². The van der Waals surface area contributed by atoms with Gasteiger partial charge in [0.05, 0.1) is 7.11 Å². The zero-order valence-electron chi connectivity index (χ0n) is 7.40. The van der Waals surface area contributed by atoms with Gasteiger partial charge >= 0.3 is 5.97 Å². The van der Waals surface area contributed by atoms with Gasteiger partial charge in [-0.1, -0.05) is 11.6 Å². The lowest BCUT2D eigenvalue weighted by molar-refractivity contribution is -0.147. The molecule has 76 valence electrons. The van der Waals surface area contributed by atoms with Crippen molar-refractivity contribution in [3.8, 4) is 5.75 Å². The van der Waals surface area contributed by atoms with Crippen molar-refractivity contribution in [3.63, 3.8) is 0 Å². The third-order valence-electron chi connectivity index (χ3n) is 1.72. The van der Waals surface area contributed by atoms with Gasteiger partial charge in [-0.05, 0) is 18.2 Å². The Kier molecular flexibility index (Phi) is 3.33. The molecule has 0 saturated carbocycles. The summed E-state index contributed by atoms with van der Waals surface area (Å²) in [5.41, 5.74) is 0.146. The van der Waals surface area contributed by atoms with Crippen molar-refractivity contribution < 1.29 is 19.7 Å². The molecule has 0 fully saturated rings. The number of carboxylic acid groups (broad SMARTS) is 1. The zero-order chi connectivity index (χ0) is 10.7. The highest BCUT2D eigenvalue weighted by Crippen LogP contribution is 2.28. The maximum atomic E-state index is 10.5. The molecule has 0 unspecified atom stereocenters. The van der Waals surface area contributed by atoms with Crippen LogP contribution in [0.15, 0.2) is 18.2 Å². The maximum Gasteiger partial charge on any atom is 0.337 e. The van der Waals surface area contributed by atoms with Crippen LogP contribution in [-0.2, 0) is 4.79 Å². The summed E-state index contributed by atoms with van der Waals surface area (Å²) >= 11 is 5.66. The molecule has 0 spiro atoms. The topological polar surface area (TPSA) is 66.8 Å². The molecule has 2 N–H and O–H groups in total. The third kappa shape index (κ3) is 2.16. The van der Waals surface area contributed by atoms with Crippen LogP contribution in [0.3, 0.4) is 0 Å². The maximum absolute atomic E-state index is 10.5. The Morgan fingerprint density at radius 3 is 2.71 bits per heavy atom. The Balaban J connectivity index is 3.16. The molecule has 0 aromatic heterocycles. The summed E-state index contributed by atoms with van der Waals surface area (Å²) in [5, 5.41) is 18.2. The molecule has 1 aromatic rings. The van der Waals surface area contributed by atoms with E-state index in [-0.39, 0.29) is 5.56 Å². The Morgan fingerprint density at radius 2 is 2.21 bits per heavy atom. The molecule has 1 aromatic carbocycles. The van der Waals surface area contributed by atoms with Gasteiger partial charge in [0, 0.05) is 10.6 Å². The van der Waals surface area contributed by atoms with E-state index >= 15 is 0 Å². The molecular weight excluding hydrogens is 208 g/mol. The number of carboxylic acids is 1. The van der Waals surface area contributed by atoms with Gasteiger partial charge in [-0.15, -0.1) is 0 Å². The van der Waals surface area contributed by atoms with Gasteiger partial charge in [0.25, 0.3) is 0 Å². The second-order valence-corrected chi connectivity index (χ2v) is 3.06. The number of methoxy groups -OCH3 is 1. The second kappa shape index (κ2) is 4.30. The first kappa shape index (κ1) is 10.8. The van der Waals surface area contributed by atoms with Crippen LogP contribution in [0.5, 0.6) is 5.75 Å². The van der Waals surface area contributed by atoms with Crippen molar-refractivity contribution >= 4 is 17.6 Å². The SMILES string of the molecule is COc1ccc(Cl)cc1[C@H](O)C(=O)O. The number of halogens is 1. The van der Waals surface area contributed by atoms with Crippen molar-refractivity contribution in [2.24, 2.45) is 0 Å². The number of rotatable bonds is 3. The number of hydrogen-bond acceptors (Lipinski definition) is 3. The van der Waals surface area contributed by atoms with Crippen LogP contribution in [0, 0.1) is 0 Å². The second-order valence-electron chi connectivity index (χ2n) is 2.63. The molecule has 0 aliphatic carbocycles. The van der Waals surface area contributed by atoms with Gasteiger partial charge in [-0.3, -0.25) is 0 Å². The minimum atomic E-state index is -1.62. The number of aliphatic hydroxyl groups excluding tert-OH is 1. The fraction of sp³-hybridized carbons (Fsp3) is 0.222. The summed E-state index contributed by atoms with van der Waals surface area (Å²) in [7, 11) is 1.39. The predicted molar refractivity (Wildman–Crippen MR) is 50.6 cm³/mol. The molecule has 5 heteroatoms. The Morgan fingerprint density at radius 1 is 1.57 bits per heavy atom. The molecule has 0 aliphatic heterocycles. The number of carbonyl (C=O) groups is 1. The minimum absolute atomic E-state index is 0.146. The lowest BCUT2D eigenvalue weighted by Crippen LogP contribution is -2.11. The molecule has 1 atom stereocenters. The van der Waals surface area contributed by atoms with Crippen LogP contribution in [0.25, 0.3) is 0 Å². The molecule has 0 saturated heterocycles. The number of hydrogen-bond donors (Lipinski definition) is 2. The van der Waals surface area contributed by atoms with Crippen LogP contribution in [0.2, 0.25) is 5.02 Å². The highest BCUT2D eigenvalue weighted by Gasteiger charge is 2.20. The lowest BCUT2D eigenvalue weighted by Gasteiger charge is -2.11. The van der Waals surface area contributed by atoms with E-state index in [1.807, 2.05) is 0 Å². The number of aliphatic carboxylic acids is 1. The Hall–Kier alpha value is -1.26. The molecule has 14 heavy (non-hydrogen) atoms. The summed E-state index contributed by atoms with van der Waals surface area (Å²) in [5.74, 6) is -1.05. The Labute approximate surface area is 85.7 Å². The molecule has 1 rings (SSSR count). The van der Waals surface area contributed by atoms with E-state index in [0.29, 0.717) is 10.8 Å². The molecular formula is C9H9ClO4. The van der Waals surface area contributed by atoms with E-state index in [9.17, 15) is 9.90 Å². The summed E-state index contributed by atoms with van der Waals surface area (Å²) < 4.78 is 4.89. The first-order valence-electron chi connectivity index (χ1n) is 3.80. The van der Waals surface area contributed by atoms with Gasteiger partial charge in [0.2, 0.25) is 0 Å². The minimum Gasteiger partial charge on any atom is -0.496 e. The van der Waals surface area contributed by atoms with E-state index in [0.717, 1.165) is 0 Å². The summed E-state index contributed by atoms with van der Waals surface area (Å²) in [6.07, 6.45) is -1.62. The summed E-state index contributed by atoms with van der Waals surface area (Å²) in [4.78, 5) is 10.5. The lowest BCUT2D eigenvalue weighted by atomic mass is 10.1. The van der Waals surface area contributed by atoms with E-state index < -0.39 is 12.1 Å². The van der Waals surface area contributed by atoms with Crippen molar-refractivity contribution in [2.45, 2.75) is 6.10 Å².